The summed E-state index contributed by atoms with van der Waals surface area (Å²) >= 11 is 12.2. The van der Waals surface area contributed by atoms with Crippen LogP contribution in [-0.4, -0.2) is 72.8 Å². The Morgan fingerprint density at radius 1 is 1.21 bits per heavy atom. The van der Waals surface area contributed by atoms with Crippen molar-refractivity contribution >= 4 is 41.0 Å². The molecule has 11 heteroatoms. The van der Waals surface area contributed by atoms with Gasteiger partial charge in [-0.2, -0.15) is 4.98 Å². The largest absolute Gasteiger partial charge is 0.377 e. The van der Waals surface area contributed by atoms with Gasteiger partial charge in [0, 0.05) is 67.8 Å². The van der Waals surface area contributed by atoms with Gasteiger partial charge in [0.05, 0.1) is 6.61 Å². The van der Waals surface area contributed by atoms with Crippen molar-refractivity contribution in [2.75, 3.05) is 50.8 Å². The van der Waals surface area contributed by atoms with E-state index in [9.17, 15) is 9.59 Å². The molecule has 0 bridgehead atoms. The Hall–Kier alpha value is -2.62. The highest BCUT2D eigenvalue weighted by Crippen LogP contribution is 2.26. The molecule has 2 amide bonds. The number of nitrogens with one attached hydrogen (secondary N) is 1. The first-order chi connectivity index (χ1) is 16.0. The highest BCUT2D eigenvalue weighted by atomic mass is 35.5. The topological polar surface area (TPSA) is 101 Å². The quantitative estimate of drug-likeness (QED) is 0.443. The number of aromatic nitrogens is 2. The lowest BCUT2D eigenvalue weighted by atomic mass is 10.2. The van der Waals surface area contributed by atoms with Crippen LogP contribution in [0.2, 0.25) is 10.0 Å². The molecule has 1 aliphatic heterocycles. The maximum atomic E-state index is 12.7. The van der Waals surface area contributed by atoms with Crippen LogP contribution in [0.1, 0.15) is 19.3 Å². The minimum atomic E-state index is -0.108. The fourth-order valence-corrected chi connectivity index (χ4v) is 3.88. The summed E-state index contributed by atoms with van der Waals surface area (Å²) in [6, 6.07) is 5.31. The molecular weight excluding hydrogens is 469 g/mol. The van der Waals surface area contributed by atoms with E-state index in [1.165, 1.54) is 0 Å². The summed E-state index contributed by atoms with van der Waals surface area (Å²) in [5.41, 5.74) is 0.632. The van der Waals surface area contributed by atoms with Crippen molar-refractivity contribution in [1.29, 1.82) is 0 Å². The number of anilines is 1. The predicted molar refractivity (Wildman–Crippen MR) is 126 cm³/mol. The van der Waals surface area contributed by atoms with E-state index in [1.54, 1.807) is 29.2 Å². The van der Waals surface area contributed by atoms with E-state index in [0.29, 0.717) is 86.2 Å². The van der Waals surface area contributed by atoms with Gasteiger partial charge in [-0.15, -0.1) is 6.58 Å². The molecule has 0 saturated carbocycles. The van der Waals surface area contributed by atoms with Crippen LogP contribution in [0.15, 0.2) is 35.4 Å². The zero-order chi connectivity index (χ0) is 23.6. The first-order valence-electron chi connectivity index (χ1n) is 10.7. The van der Waals surface area contributed by atoms with Gasteiger partial charge in [0.1, 0.15) is 0 Å². The molecule has 1 aliphatic rings. The van der Waals surface area contributed by atoms with Crippen molar-refractivity contribution in [3.05, 3.63) is 40.9 Å². The number of halogens is 2. The Morgan fingerprint density at radius 3 is 2.76 bits per heavy atom. The van der Waals surface area contributed by atoms with Gasteiger partial charge in [-0.05, 0) is 24.6 Å². The van der Waals surface area contributed by atoms with E-state index in [1.807, 2.05) is 4.90 Å². The third kappa shape index (κ3) is 7.73. The molecule has 3 rings (SSSR count). The van der Waals surface area contributed by atoms with Crippen molar-refractivity contribution < 1.29 is 18.8 Å². The number of rotatable bonds is 8. The highest BCUT2D eigenvalue weighted by Gasteiger charge is 2.21. The Kier molecular flexibility index (Phi) is 9.53. The van der Waals surface area contributed by atoms with Gasteiger partial charge in [0.15, 0.2) is 0 Å². The number of nitrogens with zero attached hydrogens (tertiary/aromatic N) is 4. The lowest BCUT2D eigenvalue weighted by Gasteiger charge is -2.28. The molecule has 0 aliphatic carbocycles. The minimum absolute atomic E-state index is 0.0229. The molecule has 2 heterocycles. The number of carbonyl (C=O) groups excluding carboxylic acids is 2. The molecule has 0 radical (unpaired) electrons. The van der Waals surface area contributed by atoms with E-state index >= 15 is 0 Å². The highest BCUT2D eigenvalue weighted by molar-refractivity contribution is 6.35. The third-order valence-electron chi connectivity index (χ3n) is 5.03. The molecule has 33 heavy (non-hydrogen) atoms. The fraction of sp³-hybridized carbons (Fsp3) is 0.455. The average molecular weight is 496 g/mol. The lowest BCUT2D eigenvalue weighted by Crippen LogP contribution is -2.45. The van der Waals surface area contributed by atoms with E-state index in [2.05, 4.69) is 22.0 Å². The lowest BCUT2D eigenvalue weighted by molar-refractivity contribution is -0.132. The number of ether oxygens (including phenoxy) is 1. The van der Waals surface area contributed by atoms with Crippen LogP contribution in [0.3, 0.4) is 0 Å². The summed E-state index contributed by atoms with van der Waals surface area (Å²) in [5, 5.41) is 7.83. The first-order valence-corrected chi connectivity index (χ1v) is 11.5. The van der Waals surface area contributed by atoms with Gasteiger partial charge in [-0.25, -0.2) is 0 Å². The molecule has 1 aromatic heterocycles. The molecule has 1 aromatic carbocycles. The van der Waals surface area contributed by atoms with Gasteiger partial charge >= 0.3 is 6.01 Å². The van der Waals surface area contributed by atoms with Crippen molar-refractivity contribution in [3.63, 3.8) is 0 Å². The molecule has 0 spiro atoms. The van der Waals surface area contributed by atoms with Crippen LogP contribution in [0.4, 0.5) is 6.01 Å². The number of carbonyl (C=O) groups is 2. The second-order valence-electron chi connectivity index (χ2n) is 7.49. The summed E-state index contributed by atoms with van der Waals surface area (Å²) in [6.45, 7) is 6.68. The second-order valence-corrected chi connectivity index (χ2v) is 8.37. The van der Waals surface area contributed by atoms with Gasteiger partial charge in [0.2, 0.25) is 17.6 Å². The molecule has 1 saturated heterocycles. The number of hydrogen-bond acceptors (Lipinski definition) is 7. The predicted octanol–water partition coefficient (Wildman–Crippen LogP) is 3.18. The standard InChI is InChI=1S/C22H27Cl2N5O4/c1-2-11-32-12-3-4-20(31)28-7-5-19(30)25-6-8-29(10-9-28)22-26-21(27-33-22)16-13-17(23)15-18(24)14-16/h2,13-15H,1,3-12H2,(H,25,30). The van der Waals surface area contributed by atoms with Crippen molar-refractivity contribution in [3.8, 4) is 11.4 Å². The second kappa shape index (κ2) is 12.6. The molecule has 0 unspecified atom stereocenters. The Balaban J connectivity index is 1.67. The Morgan fingerprint density at radius 2 is 2.00 bits per heavy atom. The Labute approximate surface area is 202 Å². The van der Waals surface area contributed by atoms with Crippen LogP contribution in [0.25, 0.3) is 11.4 Å². The Bertz CT molecular complexity index is 948. The van der Waals surface area contributed by atoms with Gasteiger partial charge in [0.25, 0.3) is 0 Å². The summed E-state index contributed by atoms with van der Waals surface area (Å²) in [6.07, 6.45) is 2.88. The van der Waals surface area contributed by atoms with Crippen molar-refractivity contribution in [2.24, 2.45) is 0 Å². The van der Waals surface area contributed by atoms with E-state index < -0.39 is 0 Å². The van der Waals surface area contributed by atoms with Crippen LogP contribution in [0, 0.1) is 0 Å². The summed E-state index contributed by atoms with van der Waals surface area (Å²) in [5.74, 6) is 0.219. The molecule has 0 atom stereocenters. The van der Waals surface area contributed by atoms with Gasteiger partial charge < -0.3 is 24.4 Å². The smallest absolute Gasteiger partial charge is 0.324 e. The minimum Gasteiger partial charge on any atom is -0.377 e. The monoisotopic (exact) mass is 495 g/mol. The fourth-order valence-electron chi connectivity index (χ4n) is 3.36. The van der Waals surface area contributed by atoms with E-state index in [0.717, 1.165) is 0 Å². The normalized spacial score (nSPS) is 15.3. The zero-order valence-corrected chi connectivity index (χ0v) is 19.8. The number of hydrogen-bond donors (Lipinski definition) is 1. The van der Waals surface area contributed by atoms with Crippen LogP contribution >= 0.6 is 23.2 Å². The van der Waals surface area contributed by atoms with Gasteiger partial charge in [-0.3, -0.25) is 9.59 Å². The zero-order valence-electron chi connectivity index (χ0n) is 18.3. The first kappa shape index (κ1) is 25.0. The summed E-state index contributed by atoms with van der Waals surface area (Å²) in [7, 11) is 0. The summed E-state index contributed by atoms with van der Waals surface area (Å²) in [4.78, 5) is 32.9. The molecule has 1 N–H and O–H groups in total. The molecule has 178 valence electrons. The number of benzene rings is 1. The van der Waals surface area contributed by atoms with Gasteiger partial charge in [-0.1, -0.05) is 34.4 Å². The van der Waals surface area contributed by atoms with Crippen molar-refractivity contribution in [1.82, 2.24) is 20.4 Å². The van der Waals surface area contributed by atoms with Crippen LogP contribution in [-0.2, 0) is 14.3 Å². The van der Waals surface area contributed by atoms with Crippen LogP contribution in [0.5, 0.6) is 0 Å². The maximum Gasteiger partial charge on any atom is 0.324 e. The third-order valence-corrected chi connectivity index (χ3v) is 5.46. The molecule has 1 fully saturated rings. The molecule has 2 aromatic rings. The van der Waals surface area contributed by atoms with E-state index in [4.69, 9.17) is 32.5 Å². The maximum absolute atomic E-state index is 12.7. The van der Waals surface area contributed by atoms with Crippen molar-refractivity contribution in [2.45, 2.75) is 19.3 Å². The van der Waals surface area contributed by atoms with Crippen LogP contribution < -0.4 is 10.2 Å². The molecule has 9 nitrogen and oxygen atoms in total. The molecular formula is C22H27Cl2N5O4. The summed E-state index contributed by atoms with van der Waals surface area (Å²) < 4.78 is 10.8. The SMILES string of the molecule is C=CCOCCCC(=O)N1CCC(=O)NCCN(c2nc(-c3cc(Cl)cc(Cl)c3)no2)CC1. The van der Waals surface area contributed by atoms with E-state index in [-0.39, 0.29) is 18.2 Å². The average Bonchev–Trinajstić information content (AvgIpc) is 3.27. The number of amides is 2.